The lowest BCUT2D eigenvalue weighted by Gasteiger charge is -2.11. The van der Waals surface area contributed by atoms with E-state index in [1.165, 1.54) is 24.2 Å². The molecule has 0 fully saturated rings. The molecule has 1 N–H and O–H groups in total. The molecule has 0 atom stereocenters. The van der Waals surface area contributed by atoms with Gasteiger partial charge in [0.25, 0.3) is 10.0 Å². The first kappa shape index (κ1) is 13.9. The zero-order valence-electron chi connectivity index (χ0n) is 10.3. The van der Waals surface area contributed by atoms with Crippen LogP contribution in [-0.4, -0.2) is 25.3 Å². The number of ether oxygens (including phenoxy) is 1. The predicted molar refractivity (Wildman–Crippen MR) is 74.7 cm³/mol. The van der Waals surface area contributed by atoms with Crippen molar-refractivity contribution in [1.82, 2.24) is 9.78 Å². The maximum Gasteiger partial charge on any atom is 0.265 e. The SMILES string of the molecule is COc1ccc(Br)cc1NS(=O)(=O)c1cnn(C)c1. The minimum absolute atomic E-state index is 0.0945. The molecule has 102 valence electrons. The van der Waals surface area contributed by atoms with Gasteiger partial charge >= 0.3 is 0 Å². The van der Waals surface area contributed by atoms with Crippen molar-refractivity contribution in [1.29, 1.82) is 0 Å². The Bertz CT molecular complexity index is 697. The van der Waals surface area contributed by atoms with Gasteiger partial charge in [-0.05, 0) is 18.2 Å². The molecular weight excluding hydrogens is 334 g/mol. The minimum Gasteiger partial charge on any atom is -0.495 e. The number of methoxy groups -OCH3 is 1. The summed E-state index contributed by atoms with van der Waals surface area (Å²) in [6, 6.07) is 5.07. The first-order valence-electron chi connectivity index (χ1n) is 5.27. The molecule has 0 aliphatic carbocycles. The van der Waals surface area contributed by atoms with E-state index in [0.29, 0.717) is 11.4 Å². The highest BCUT2D eigenvalue weighted by molar-refractivity contribution is 9.10. The van der Waals surface area contributed by atoms with E-state index in [1.54, 1.807) is 25.2 Å². The lowest BCUT2D eigenvalue weighted by Crippen LogP contribution is -2.13. The van der Waals surface area contributed by atoms with Gasteiger partial charge in [0, 0.05) is 17.7 Å². The number of aromatic nitrogens is 2. The number of aryl methyl sites for hydroxylation is 1. The number of nitrogens with zero attached hydrogens (tertiary/aromatic N) is 2. The summed E-state index contributed by atoms with van der Waals surface area (Å²) in [6.45, 7) is 0. The molecule has 0 aliphatic rings. The maximum absolute atomic E-state index is 12.2. The van der Waals surface area contributed by atoms with Gasteiger partial charge in [-0.3, -0.25) is 9.40 Å². The average molecular weight is 346 g/mol. The van der Waals surface area contributed by atoms with Gasteiger partial charge in [0.1, 0.15) is 10.6 Å². The van der Waals surface area contributed by atoms with Crippen molar-refractivity contribution in [2.45, 2.75) is 4.90 Å². The number of hydrogen-bond donors (Lipinski definition) is 1. The number of anilines is 1. The van der Waals surface area contributed by atoms with Crippen molar-refractivity contribution in [3.63, 3.8) is 0 Å². The van der Waals surface area contributed by atoms with Crippen molar-refractivity contribution in [3.8, 4) is 5.75 Å². The van der Waals surface area contributed by atoms with Crippen LogP contribution >= 0.6 is 15.9 Å². The molecule has 8 heteroatoms. The quantitative estimate of drug-likeness (QED) is 0.919. The maximum atomic E-state index is 12.2. The second kappa shape index (κ2) is 5.22. The van der Waals surface area contributed by atoms with Crippen molar-refractivity contribution < 1.29 is 13.2 Å². The summed E-state index contributed by atoms with van der Waals surface area (Å²) in [6.07, 6.45) is 2.71. The zero-order chi connectivity index (χ0) is 14.0. The molecule has 0 bridgehead atoms. The Labute approximate surface area is 119 Å². The highest BCUT2D eigenvalue weighted by Crippen LogP contribution is 2.29. The van der Waals surface area contributed by atoms with Crippen LogP contribution in [0.25, 0.3) is 0 Å². The lowest BCUT2D eigenvalue weighted by atomic mass is 10.3. The van der Waals surface area contributed by atoms with E-state index in [1.807, 2.05) is 0 Å². The third-order valence-electron chi connectivity index (χ3n) is 2.40. The first-order valence-corrected chi connectivity index (χ1v) is 7.55. The highest BCUT2D eigenvalue weighted by Gasteiger charge is 2.18. The number of halogens is 1. The molecule has 1 heterocycles. The molecule has 19 heavy (non-hydrogen) atoms. The molecular formula is C11H12BrN3O3S. The van der Waals surface area contributed by atoms with E-state index in [-0.39, 0.29) is 4.90 Å². The molecule has 0 amide bonds. The van der Waals surface area contributed by atoms with E-state index in [4.69, 9.17) is 4.74 Å². The molecule has 6 nitrogen and oxygen atoms in total. The van der Waals surface area contributed by atoms with Crippen molar-refractivity contribution in [2.75, 3.05) is 11.8 Å². The molecule has 0 aliphatic heterocycles. The molecule has 0 unspecified atom stereocenters. The number of hydrogen-bond acceptors (Lipinski definition) is 4. The summed E-state index contributed by atoms with van der Waals surface area (Å²) in [5, 5.41) is 3.84. The van der Waals surface area contributed by atoms with E-state index in [9.17, 15) is 8.42 Å². The largest absolute Gasteiger partial charge is 0.495 e. The molecule has 2 rings (SSSR count). The Kier molecular flexibility index (Phi) is 3.81. The van der Waals surface area contributed by atoms with Gasteiger partial charge in [0.2, 0.25) is 0 Å². The van der Waals surface area contributed by atoms with Crippen LogP contribution in [0.5, 0.6) is 5.75 Å². The molecule has 2 aromatic rings. The van der Waals surface area contributed by atoms with Crippen LogP contribution in [0.1, 0.15) is 0 Å². The topological polar surface area (TPSA) is 73.2 Å². The van der Waals surface area contributed by atoms with Crippen LogP contribution in [0.2, 0.25) is 0 Å². The lowest BCUT2D eigenvalue weighted by molar-refractivity contribution is 0.417. The Morgan fingerprint density at radius 1 is 1.42 bits per heavy atom. The van der Waals surface area contributed by atoms with Crippen molar-refractivity contribution in [3.05, 3.63) is 35.1 Å². The van der Waals surface area contributed by atoms with Gasteiger partial charge in [-0.2, -0.15) is 5.10 Å². The normalized spacial score (nSPS) is 11.3. The second-order valence-electron chi connectivity index (χ2n) is 3.80. The van der Waals surface area contributed by atoms with E-state index < -0.39 is 10.0 Å². The predicted octanol–water partition coefficient (Wildman–Crippen LogP) is 1.99. The Morgan fingerprint density at radius 3 is 2.74 bits per heavy atom. The molecule has 0 saturated heterocycles. The first-order chi connectivity index (χ1) is 8.92. The van der Waals surface area contributed by atoms with Crippen LogP contribution in [0, 0.1) is 0 Å². The second-order valence-corrected chi connectivity index (χ2v) is 6.40. The van der Waals surface area contributed by atoms with Crippen molar-refractivity contribution >= 4 is 31.6 Å². The fourth-order valence-corrected chi connectivity index (χ4v) is 2.91. The van der Waals surface area contributed by atoms with Crippen LogP contribution < -0.4 is 9.46 Å². The number of sulfonamides is 1. The molecule has 1 aromatic heterocycles. The van der Waals surface area contributed by atoms with Crippen LogP contribution in [0.15, 0.2) is 40.0 Å². The van der Waals surface area contributed by atoms with E-state index in [2.05, 4.69) is 25.8 Å². The molecule has 0 spiro atoms. The fourth-order valence-electron chi connectivity index (χ4n) is 1.50. The van der Waals surface area contributed by atoms with Crippen LogP contribution in [0.3, 0.4) is 0 Å². The van der Waals surface area contributed by atoms with E-state index >= 15 is 0 Å². The summed E-state index contributed by atoms with van der Waals surface area (Å²) in [5.74, 6) is 0.440. The number of nitrogens with one attached hydrogen (secondary N) is 1. The fraction of sp³-hybridized carbons (Fsp3) is 0.182. The zero-order valence-corrected chi connectivity index (χ0v) is 12.7. The molecule has 0 saturated carbocycles. The number of rotatable bonds is 4. The Balaban J connectivity index is 2.38. The van der Waals surface area contributed by atoms with Gasteiger partial charge in [-0.25, -0.2) is 8.42 Å². The van der Waals surface area contributed by atoms with Gasteiger partial charge in [0.05, 0.1) is 19.0 Å². The van der Waals surface area contributed by atoms with Gasteiger partial charge in [-0.15, -0.1) is 0 Å². The third kappa shape index (κ3) is 3.07. The monoisotopic (exact) mass is 345 g/mol. The van der Waals surface area contributed by atoms with E-state index in [0.717, 1.165) is 4.47 Å². The summed E-state index contributed by atoms with van der Waals surface area (Å²) in [4.78, 5) is 0.0945. The Morgan fingerprint density at radius 2 is 2.16 bits per heavy atom. The minimum atomic E-state index is -3.68. The molecule has 1 aromatic carbocycles. The average Bonchev–Trinajstić information content (AvgIpc) is 2.76. The highest BCUT2D eigenvalue weighted by atomic mass is 79.9. The number of benzene rings is 1. The standard InChI is InChI=1S/C11H12BrN3O3S/c1-15-7-9(6-13-15)19(16,17)14-10-5-8(12)3-4-11(10)18-2/h3-7,14H,1-2H3. The Hall–Kier alpha value is -1.54. The van der Waals surface area contributed by atoms with Crippen LogP contribution in [-0.2, 0) is 17.1 Å². The summed E-state index contributed by atoms with van der Waals surface area (Å²) < 4.78 is 34.1. The van der Waals surface area contributed by atoms with Crippen LogP contribution in [0.4, 0.5) is 5.69 Å². The smallest absolute Gasteiger partial charge is 0.265 e. The van der Waals surface area contributed by atoms with Gasteiger partial charge in [0.15, 0.2) is 0 Å². The van der Waals surface area contributed by atoms with Gasteiger partial charge in [-0.1, -0.05) is 15.9 Å². The summed E-state index contributed by atoms with van der Waals surface area (Å²) in [5.41, 5.74) is 0.362. The van der Waals surface area contributed by atoms with Crippen molar-refractivity contribution in [2.24, 2.45) is 7.05 Å². The van der Waals surface area contributed by atoms with Gasteiger partial charge < -0.3 is 4.74 Å². The molecule has 0 radical (unpaired) electrons. The summed E-state index contributed by atoms with van der Waals surface area (Å²) in [7, 11) is -0.547. The third-order valence-corrected chi connectivity index (χ3v) is 4.21. The summed E-state index contributed by atoms with van der Waals surface area (Å²) >= 11 is 3.29.